The van der Waals surface area contributed by atoms with Gasteiger partial charge in [-0.05, 0) is 19.4 Å². The molecule has 0 N–H and O–H groups in total. The zero-order valence-corrected chi connectivity index (χ0v) is 14.6. The first-order valence-electron chi connectivity index (χ1n) is 7.73. The predicted molar refractivity (Wildman–Crippen MR) is 96.7 cm³/mol. The van der Waals surface area contributed by atoms with Crippen molar-refractivity contribution in [1.82, 2.24) is 24.7 Å². The van der Waals surface area contributed by atoms with Crippen molar-refractivity contribution in [3.63, 3.8) is 0 Å². The third-order valence-corrected chi connectivity index (χ3v) is 4.80. The molecule has 0 saturated heterocycles. The molecular weight excluding hydrogens is 318 g/mol. The van der Waals surface area contributed by atoms with E-state index in [1.54, 1.807) is 30.4 Å². The maximum atomic E-state index is 4.42. The minimum atomic E-state index is 0.135. The Balaban J connectivity index is 1.95. The van der Waals surface area contributed by atoms with E-state index in [1.165, 1.54) is 5.56 Å². The molecule has 2 aromatic heterocycles. The van der Waals surface area contributed by atoms with E-state index in [2.05, 4.69) is 57.3 Å². The van der Waals surface area contributed by atoms with Crippen molar-refractivity contribution in [1.29, 1.82) is 0 Å². The van der Waals surface area contributed by atoms with Crippen molar-refractivity contribution >= 4 is 11.8 Å². The van der Waals surface area contributed by atoms with Crippen molar-refractivity contribution in [3.05, 3.63) is 66.8 Å². The van der Waals surface area contributed by atoms with Gasteiger partial charge in [-0.15, -0.1) is 16.8 Å². The highest BCUT2D eigenvalue weighted by Gasteiger charge is 2.18. The smallest absolute Gasteiger partial charge is 0.192 e. The van der Waals surface area contributed by atoms with Crippen molar-refractivity contribution in [3.8, 4) is 11.4 Å². The number of aryl methyl sites for hydroxylation is 1. The van der Waals surface area contributed by atoms with Gasteiger partial charge >= 0.3 is 0 Å². The molecule has 0 saturated carbocycles. The van der Waals surface area contributed by atoms with Gasteiger partial charge in [-0.1, -0.05) is 42.1 Å². The molecule has 0 spiro atoms. The number of rotatable bonds is 6. The van der Waals surface area contributed by atoms with Crippen LogP contribution in [0, 0.1) is 6.92 Å². The number of thioether (sulfide) groups is 1. The van der Waals surface area contributed by atoms with Crippen LogP contribution in [0.5, 0.6) is 0 Å². The summed E-state index contributed by atoms with van der Waals surface area (Å²) >= 11 is 1.62. The van der Waals surface area contributed by atoms with Gasteiger partial charge in [-0.3, -0.25) is 14.5 Å². The molecule has 122 valence electrons. The van der Waals surface area contributed by atoms with Crippen LogP contribution in [0.1, 0.15) is 23.4 Å². The van der Waals surface area contributed by atoms with Crippen molar-refractivity contribution < 1.29 is 0 Å². The van der Waals surface area contributed by atoms with E-state index >= 15 is 0 Å². The number of allylic oxidation sites excluding steroid dienone is 1. The third kappa shape index (κ3) is 3.38. The van der Waals surface area contributed by atoms with E-state index in [9.17, 15) is 0 Å². The maximum Gasteiger partial charge on any atom is 0.192 e. The van der Waals surface area contributed by atoms with Crippen molar-refractivity contribution in [2.24, 2.45) is 0 Å². The zero-order chi connectivity index (χ0) is 16.9. The molecule has 6 heteroatoms. The number of hydrogen-bond acceptors (Lipinski definition) is 5. The van der Waals surface area contributed by atoms with Crippen LogP contribution in [0.25, 0.3) is 11.4 Å². The van der Waals surface area contributed by atoms with E-state index in [1.807, 2.05) is 18.2 Å². The number of nitrogens with zero attached hydrogens (tertiary/aromatic N) is 5. The molecule has 1 aromatic carbocycles. The Morgan fingerprint density at radius 2 is 2.08 bits per heavy atom. The zero-order valence-electron chi connectivity index (χ0n) is 13.8. The summed E-state index contributed by atoms with van der Waals surface area (Å²) in [5, 5.41) is 9.81. The summed E-state index contributed by atoms with van der Waals surface area (Å²) in [5.41, 5.74) is 3.19. The van der Waals surface area contributed by atoms with Crippen LogP contribution in [0.3, 0.4) is 0 Å². The van der Waals surface area contributed by atoms with E-state index in [0.29, 0.717) is 6.54 Å². The van der Waals surface area contributed by atoms with Crippen LogP contribution in [0.15, 0.2) is 60.7 Å². The highest BCUT2D eigenvalue weighted by molar-refractivity contribution is 7.99. The second-order valence-electron chi connectivity index (χ2n) is 5.41. The van der Waals surface area contributed by atoms with Crippen LogP contribution in [-0.4, -0.2) is 24.7 Å². The van der Waals surface area contributed by atoms with Gasteiger partial charge in [-0.25, -0.2) is 0 Å². The Morgan fingerprint density at radius 1 is 1.25 bits per heavy atom. The summed E-state index contributed by atoms with van der Waals surface area (Å²) in [4.78, 5) is 8.50. The Labute approximate surface area is 145 Å². The first-order valence-corrected chi connectivity index (χ1v) is 8.61. The molecule has 0 radical (unpaired) electrons. The fourth-order valence-electron chi connectivity index (χ4n) is 2.43. The fourth-order valence-corrected chi connectivity index (χ4v) is 3.37. The van der Waals surface area contributed by atoms with Gasteiger partial charge in [0, 0.05) is 30.7 Å². The molecule has 2 heterocycles. The van der Waals surface area contributed by atoms with Crippen LogP contribution in [0.4, 0.5) is 0 Å². The summed E-state index contributed by atoms with van der Waals surface area (Å²) in [6.45, 7) is 8.70. The Bertz CT molecular complexity index is 828. The molecule has 24 heavy (non-hydrogen) atoms. The summed E-state index contributed by atoms with van der Waals surface area (Å²) in [5.74, 6) is 0.863. The molecule has 0 aliphatic heterocycles. The minimum absolute atomic E-state index is 0.135. The molecule has 3 rings (SSSR count). The number of aromatic nitrogens is 5. The van der Waals surface area contributed by atoms with Gasteiger partial charge < -0.3 is 0 Å². The Morgan fingerprint density at radius 3 is 2.79 bits per heavy atom. The molecular formula is C18H19N5S. The second kappa shape index (κ2) is 7.40. The summed E-state index contributed by atoms with van der Waals surface area (Å²) in [6, 6.07) is 8.19. The van der Waals surface area contributed by atoms with Crippen molar-refractivity contribution in [2.45, 2.75) is 30.8 Å². The van der Waals surface area contributed by atoms with E-state index in [0.717, 1.165) is 22.2 Å². The molecule has 0 bridgehead atoms. The van der Waals surface area contributed by atoms with Gasteiger partial charge in [0.2, 0.25) is 0 Å². The van der Waals surface area contributed by atoms with Crippen LogP contribution in [-0.2, 0) is 6.54 Å². The average Bonchev–Trinajstić information content (AvgIpc) is 2.99. The number of benzene rings is 1. The lowest BCUT2D eigenvalue weighted by molar-refractivity contribution is 0.728. The molecule has 1 atom stereocenters. The topological polar surface area (TPSA) is 56.5 Å². The lowest BCUT2D eigenvalue weighted by atomic mass is 10.1. The van der Waals surface area contributed by atoms with Gasteiger partial charge in [-0.2, -0.15) is 0 Å². The first kappa shape index (κ1) is 16.4. The van der Waals surface area contributed by atoms with E-state index < -0.39 is 0 Å². The quantitative estimate of drug-likeness (QED) is 0.501. The van der Waals surface area contributed by atoms with Gasteiger partial charge in [0.1, 0.15) is 0 Å². The lowest BCUT2D eigenvalue weighted by Gasteiger charge is -2.12. The minimum Gasteiger partial charge on any atom is -0.298 e. The molecule has 0 fully saturated rings. The Kier molecular flexibility index (Phi) is 5.05. The highest BCUT2D eigenvalue weighted by Crippen LogP contribution is 2.34. The number of hydrogen-bond donors (Lipinski definition) is 0. The predicted octanol–water partition coefficient (Wildman–Crippen LogP) is 4.08. The molecule has 0 amide bonds. The van der Waals surface area contributed by atoms with E-state index in [4.69, 9.17) is 0 Å². The molecule has 3 aromatic rings. The fraction of sp³-hybridized carbons (Fsp3) is 0.222. The Hall–Kier alpha value is -2.47. The molecule has 0 aliphatic carbocycles. The SMILES string of the molecule is C=CCn1c(S[C@@H](C)c2cnccn2)nnc1-c1ccccc1C. The van der Waals surface area contributed by atoms with Gasteiger partial charge in [0.25, 0.3) is 0 Å². The third-order valence-electron chi connectivity index (χ3n) is 3.70. The van der Waals surface area contributed by atoms with Crippen LogP contribution < -0.4 is 0 Å². The van der Waals surface area contributed by atoms with Crippen molar-refractivity contribution in [2.75, 3.05) is 0 Å². The monoisotopic (exact) mass is 337 g/mol. The standard InChI is InChI=1S/C18H19N5S/c1-4-11-23-17(15-8-6-5-7-13(15)2)21-22-18(23)24-14(3)16-12-19-9-10-20-16/h4-10,12,14H,1,11H2,2-3H3/t14-/m0/s1. The second-order valence-corrected chi connectivity index (χ2v) is 6.72. The summed E-state index contributed by atoms with van der Waals surface area (Å²) in [6.07, 6.45) is 7.04. The molecule has 5 nitrogen and oxygen atoms in total. The summed E-state index contributed by atoms with van der Waals surface area (Å²) < 4.78 is 2.09. The maximum absolute atomic E-state index is 4.42. The molecule has 0 aliphatic rings. The summed E-state index contributed by atoms with van der Waals surface area (Å²) in [7, 11) is 0. The van der Waals surface area contributed by atoms with Gasteiger partial charge in [0.15, 0.2) is 11.0 Å². The normalized spacial score (nSPS) is 12.1. The van der Waals surface area contributed by atoms with E-state index in [-0.39, 0.29) is 5.25 Å². The highest BCUT2D eigenvalue weighted by atomic mass is 32.2. The largest absolute Gasteiger partial charge is 0.298 e. The van der Waals surface area contributed by atoms with Crippen LogP contribution in [0.2, 0.25) is 0 Å². The first-order chi connectivity index (χ1) is 11.7. The molecule has 0 unspecified atom stereocenters. The average molecular weight is 337 g/mol. The van der Waals surface area contributed by atoms with Crippen LogP contribution >= 0.6 is 11.8 Å². The lowest BCUT2D eigenvalue weighted by Crippen LogP contribution is -2.03. The van der Waals surface area contributed by atoms with Gasteiger partial charge in [0.05, 0.1) is 10.9 Å².